The molecular weight excluding hydrogens is 224 g/mol. The Balaban J connectivity index is 1.53. The lowest BCUT2D eigenvalue weighted by Gasteiger charge is -2.32. The zero-order valence-electron chi connectivity index (χ0n) is 11.5. The molecule has 1 aliphatic rings. The third-order valence-electron chi connectivity index (χ3n) is 3.71. The van der Waals surface area contributed by atoms with Crippen LogP contribution in [0, 0.1) is 0 Å². The van der Waals surface area contributed by atoms with E-state index in [-0.39, 0.29) is 0 Å². The number of likely N-dealkylation sites (tertiary alicyclic amines) is 1. The van der Waals surface area contributed by atoms with Gasteiger partial charge in [0.1, 0.15) is 5.82 Å². The highest BCUT2D eigenvalue weighted by atomic mass is 15.1. The van der Waals surface area contributed by atoms with E-state index in [2.05, 4.69) is 27.1 Å². The minimum atomic E-state index is 0.731. The van der Waals surface area contributed by atoms with Gasteiger partial charge in [0.25, 0.3) is 0 Å². The van der Waals surface area contributed by atoms with E-state index in [4.69, 9.17) is 0 Å². The standard InChI is InChI=1S/C14H26N4/c1-2-10-18-11-5-13(6-12-18)15-7-3-4-14-16-8-9-17-14/h8-9,13,15H,2-7,10-12H2,1H3,(H,16,17). The van der Waals surface area contributed by atoms with Gasteiger partial charge in [0.05, 0.1) is 0 Å². The summed E-state index contributed by atoms with van der Waals surface area (Å²) >= 11 is 0. The second-order valence-corrected chi connectivity index (χ2v) is 5.21. The summed E-state index contributed by atoms with van der Waals surface area (Å²) in [6.45, 7) is 7.18. The molecule has 2 heterocycles. The van der Waals surface area contributed by atoms with Gasteiger partial charge in [0.15, 0.2) is 0 Å². The number of rotatable bonds is 7. The zero-order valence-corrected chi connectivity index (χ0v) is 11.5. The van der Waals surface area contributed by atoms with Crippen molar-refractivity contribution in [3.63, 3.8) is 0 Å². The van der Waals surface area contributed by atoms with Crippen molar-refractivity contribution < 1.29 is 0 Å². The molecule has 2 rings (SSSR count). The molecule has 0 bridgehead atoms. The predicted molar refractivity (Wildman–Crippen MR) is 74.7 cm³/mol. The van der Waals surface area contributed by atoms with Crippen molar-refractivity contribution in [3.05, 3.63) is 18.2 Å². The smallest absolute Gasteiger partial charge is 0.106 e. The Hall–Kier alpha value is -0.870. The average molecular weight is 250 g/mol. The molecule has 102 valence electrons. The van der Waals surface area contributed by atoms with Gasteiger partial charge in [-0.2, -0.15) is 0 Å². The van der Waals surface area contributed by atoms with Gasteiger partial charge in [-0.1, -0.05) is 6.92 Å². The van der Waals surface area contributed by atoms with Crippen LogP contribution in [0.1, 0.15) is 38.4 Å². The van der Waals surface area contributed by atoms with Crippen LogP contribution in [0.25, 0.3) is 0 Å². The van der Waals surface area contributed by atoms with Crippen molar-refractivity contribution in [3.8, 4) is 0 Å². The van der Waals surface area contributed by atoms with Crippen LogP contribution < -0.4 is 5.32 Å². The van der Waals surface area contributed by atoms with Gasteiger partial charge in [-0.05, 0) is 51.9 Å². The van der Waals surface area contributed by atoms with Gasteiger partial charge in [0, 0.05) is 24.9 Å². The van der Waals surface area contributed by atoms with Crippen molar-refractivity contribution >= 4 is 0 Å². The molecule has 0 aromatic carbocycles. The molecule has 0 unspecified atom stereocenters. The molecule has 4 nitrogen and oxygen atoms in total. The molecule has 0 aliphatic carbocycles. The molecule has 0 radical (unpaired) electrons. The summed E-state index contributed by atoms with van der Waals surface area (Å²) < 4.78 is 0. The van der Waals surface area contributed by atoms with Gasteiger partial charge in [-0.25, -0.2) is 4.98 Å². The fraction of sp³-hybridized carbons (Fsp3) is 0.786. The minimum Gasteiger partial charge on any atom is -0.349 e. The maximum absolute atomic E-state index is 4.24. The number of H-pyrrole nitrogens is 1. The second-order valence-electron chi connectivity index (χ2n) is 5.21. The van der Waals surface area contributed by atoms with E-state index < -0.39 is 0 Å². The Labute approximate surface area is 110 Å². The predicted octanol–water partition coefficient (Wildman–Crippen LogP) is 1.81. The van der Waals surface area contributed by atoms with Crippen LogP contribution >= 0.6 is 0 Å². The Kier molecular flexibility index (Phi) is 5.68. The number of aromatic amines is 1. The van der Waals surface area contributed by atoms with Gasteiger partial charge >= 0.3 is 0 Å². The van der Waals surface area contributed by atoms with E-state index in [1.807, 2.05) is 12.4 Å². The molecule has 1 fully saturated rings. The Bertz CT molecular complexity index is 302. The van der Waals surface area contributed by atoms with E-state index in [0.29, 0.717) is 0 Å². The van der Waals surface area contributed by atoms with E-state index in [0.717, 1.165) is 24.8 Å². The van der Waals surface area contributed by atoms with E-state index in [1.165, 1.54) is 45.3 Å². The van der Waals surface area contributed by atoms with Crippen LogP contribution in [0.5, 0.6) is 0 Å². The number of nitrogens with one attached hydrogen (secondary N) is 2. The number of hydrogen-bond donors (Lipinski definition) is 2. The van der Waals surface area contributed by atoms with Gasteiger partial charge < -0.3 is 15.2 Å². The first-order chi connectivity index (χ1) is 8.88. The second kappa shape index (κ2) is 7.54. The molecule has 1 aliphatic heterocycles. The van der Waals surface area contributed by atoms with Gasteiger partial charge in [-0.3, -0.25) is 0 Å². The molecule has 0 spiro atoms. The van der Waals surface area contributed by atoms with Crippen molar-refractivity contribution in [1.29, 1.82) is 0 Å². The summed E-state index contributed by atoms with van der Waals surface area (Å²) in [6.07, 6.45) is 9.83. The topological polar surface area (TPSA) is 44.0 Å². The van der Waals surface area contributed by atoms with Crippen LogP contribution in [0.15, 0.2) is 12.4 Å². The lowest BCUT2D eigenvalue weighted by molar-refractivity contribution is 0.198. The minimum absolute atomic E-state index is 0.731. The summed E-state index contributed by atoms with van der Waals surface area (Å²) in [5.74, 6) is 1.11. The molecule has 0 saturated carbocycles. The number of piperidine rings is 1. The first-order valence-corrected chi connectivity index (χ1v) is 7.32. The average Bonchev–Trinajstić information content (AvgIpc) is 2.90. The Morgan fingerprint density at radius 3 is 2.94 bits per heavy atom. The first-order valence-electron chi connectivity index (χ1n) is 7.32. The molecule has 18 heavy (non-hydrogen) atoms. The van der Waals surface area contributed by atoms with Crippen molar-refractivity contribution in [2.75, 3.05) is 26.2 Å². The lowest BCUT2D eigenvalue weighted by Crippen LogP contribution is -2.43. The highest BCUT2D eigenvalue weighted by Gasteiger charge is 2.17. The molecule has 0 atom stereocenters. The lowest BCUT2D eigenvalue weighted by atomic mass is 10.0. The quantitative estimate of drug-likeness (QED) is 0.725. The van der Waals surface area contributed by atoms with Gasteiger partial charge in [0.2, 0.25) is 0 Å². The van der Waals surface area contributed by atoms with Crippen LogP contribution in [0.2, 0.25) is 0 Å². The SMILES string of the molecule is CCCN1CCC(NCCCc2ncc[nH]2)CC1. The van der Waals surface area contributed by atoms with Crippen molar-refractivity contribution in [2.24, 2.45) is 0 Å². The van der Waals surface area contributed by atoms with Crippen LogP contribution in [0.3, 0.4) is 0 Å². The number of hydrogen-bond acceptors (Lipinski definition) is 3. The van der Waals surface area contributed by atoms with E-state index >= 15 is 0 Å². The number of nitrogens with zero attached hydrogens (tertiary/aromatic N) is 2. The normalized spacial score (nSPS) is 18.3. The summed E-state index contributed by atoms with van der Waals surface area (Å²) in [7, 11) is 0. The highest BCUT2D eigenvalue weighted by molar-refractivity contribution is 4.87. The zero-order chi connectivity index (χ0) is 12.6. The number of imidazole rings is 1. The third-order valence-corrected chi connectivity index (χ3v) is 3.71. The maximum Gasteiger partial charge on any atom is 0.106 e. The largest absolute Gasteiger partial charge is 0.349 e. The number of aromatic nitrogens is 2. The molecule has 1 saturated heterocycles. The van der Waals surface area contributed by atoms with Crippen LogP contribution in [-0.2, 0) is 6.42 Å². The van der Waals surface area contributed by atoms with Crippen LogP contribution in [0.4, 0.5) is 0 Å². The fourth-order valence-corrected chi connectivity index (χ4v) is 2.67. The Morgan fingerprint density at radius 1 is 1.44 bits per heavy atom. The molecule has 0 amide bonds. The Morgan fingerprint density at radius 2 is 2.28 bits per heavy atom. The van der Waals surface area contributed by atoms with E-state index in [1.54, 1.807) is 0 Å². The van der Waals surface area contributed by atoms with Crippen molar-refractivity contribution in [1.82, 2.24) is 20.2 Å². The fourth-order valence-electron chi connectivity index (χ4n) is 2.67. The summed E-state index contributed by atoms with van der Waals surface area (Å²) in [5, 5.41) is 3.68. The first kappa shape index (κ1) is 13.6. The van der Waals surface area contributed by atoms with Crippen LogP contribution in [-0.4, -0.2) is 47.1 Å². The molecule has 2 N–H and O–H groups in total. The monoisotopic (exact) mass is 250 g/mol. The molecule has 1 aromatic rings. The number of aryl methyl sites for hydroxylation is 1. The molecular formula is C14H26N4. The van der Waals surface area contributed by atoms with Gasteiger partial charge in [-0.15, -0.1) is 0 Å². The maximum atomic E-state index is 4.24. The van der Waals surface area contributed by atoms with E-state index in [9.17, 15) is 0 Å². The molecule has 1 aromatic heterocycles. The van der Waals surface area contributed by atoms with Crippen molar-refractivity contribution in [2.45, 2.75) is 45.1 Å². The third kappa shape index (κ3) is 4.42. The summed E-state index contributed by atoms with van der Waals surface area (Å²) in [4.78, 5) is 9.98. The molecule has 4 heteroatoms. The highest BCUT2D eigenvalue weighted by Crippen LogP contribution is 2.10. The summed E-state index contributed by atoms with van der Waals surface area (Å²) in [6, 6.07) is 0.731. The summed E-state index contributed by atoms with van der Waals surface area (Å²) in [5.41, 5.74) is 0.